The summed E-state index contributed by atoms with van der Waals surface area (Å²) < 4.78 is 5.52. The molecule has 1 atom stereocenters. The summed E-state index contributed by atoms with van der Waals surface area (Å²) in [5.74, 6) is 1.28. The molecule has 0 aliphatic heterocycles. The van der Waals surface area contributed by atoms with Gasteiger partial charge in [-0.05, 0) is 19.1 Å². The average Bonchev–Trinajstić information content (AvgIpc) is 2.93. The smallest absolute Gasteiger partial charge is 0.260 e. The molecular weight excluding hydrogens is 244 g/mol. The lowest BCUT2D eigenvalue weighted by Gasteiger charge is -2.14. The first-order valence-corrected chi connectivity index (χ1v) is 6.09. The molecule has 1 aromatic heterocycles. The molecule has 1 unspecified atom stereocenters. The second kappa shape index (κ2) is 6.53. The van der Waals surface area contributed by atoms with E-state index in [2.05, 4.69) is 20.5 Å². The number of H-pyrrole nitrogens is 1. The third-order valence-corrected chi connectivity index (χ3v) is 2.55. The summed E-state index contributed by atoms with van der Waals surface area (Å²) in [6, 6.07) is 9.26. The molecular formula is C13H16N4O2. The molecule has 0 aliphatic carbocycles. The maximum Gasteiger partial charge on any atom is 0.260 e. The Morgan fingerprint density at radius 3 is 2.89 bits per heavy atom. The van der Waals surface area contributed by atoms with Gasteiger partial charge in [-0.1, -0.05) is 18.2 Å². The van der Waals surface area contributed by atoms with Crippen molar-refractivity contribution in [2.75, 3.05) is 6.54 Å². The highest BCUT2D eigenvalue weighted by Crippen LogP contribution is 2.10. The van der Waals surface area contributed by atoms with E-state index in [4.69, 9.17) is 4.74 Å². The number of nitrogens with one attached hydrogen (secondary N) is 2. The molecule has 0 radical (unpaired) electrons. The third-order valence-electron chi connectivity index (χ3n) is 2.55. The van der Waals surface area contributed by atoms with Crippen LogP contribution in [0.15, 0.2) is 36.7 Å². The monoisotopic (exact) mass is 260 g/mol. The lowest BCUT2D eigenvalue weighted by atomic mass is 10.3. The lowest BCUT2D eigenvalue weighted by Crippen LogP contribution is -2.37. The first-order valence-electron chi connectivity index (χ1n) is 6.09. The normalized spacial score (nSPS) is 11.8. The number of para-hydroxylation sites is 1. The van der Waals surface area contributed by atoms with Crippen LogP contribution in [-0.2, 0) is 11.2 Å². The van der Waals surface area contributed by atoms with Gasteiger partial charge in [0, 0.05) is 13.0 Å². The Labute approximate surface area is 111 Å². The summed E-state index contributed by atoms with van der Waals surface area (Å²) in [6.07, 6.45) is 1.53. The number of rotatable bonds is 6. The van der Waals surface area contributed by atoms with Gasteiger partial charge in [0.15, 0.2) is 6.10 Å². The van der Waals surface area contributed by atoms with Gasteiger partial charge < -0.3 is 10.1 Å². The second-order valence-electron chi connectivity index (χ2n) is 4.05. The molecule has 2 aromatic rings. The van der Waals surface area contributed by atoms with Crippen LogP contribution in [0.3, 0.4) is 0 Å². The van der Waals surface area contributed by atoms with Gasteiger partial charge in [0.25, 0.3) is 5.91 Å². The van der Waals surface area contributed by atoms with Crippen molar-refractivity contribution in [3.8, 4) is 5.75 Å². The SMILES string of the molecule is CC(Oc1ccccc1)C(=O)NCCc1ncn[nH]1. The summed E-state index contributed by atoms with van der Waals surface area (Å²) in [4.78, 5) is 15.8. The molecule has 6 nitrogen and oxygen atoms in total. The average molecular weight is 260 g/mol. The Morgan fingerprint density at radius 1 is 1.42 bits per heavy atom. The van der Waals surface area contributed by atoms with Crippen LogP contribution in [0.2, 0.25) is 0 Å². The molecule has 1 aromatic carbocycles. The first-order chi connectivity index (χ1) is 9.25. The van der Waals surface area contributed by atoms with E-state index >= 15 is 0 Å². The van der Waals surface area contributed by atoms with Crippen molar-refractivity contribution in [3.63, 3.8) is 0 Å². The third kappa shape index (κ3) is 4.09. The topological polar surface area (TPSA) is 79.9 Å². The van der Waals surface area contributed by atoms with Crippen molar-refractivity contribution in [2.24, 2.45) is 0 Å². The van der Waals surface area contributed by atoms with Crippen LogP contribution in [0, 0.1) is 0 Å². The number of nitrogens with zero attached hydrogens (tertiary/aromatic N) is 2. The molecule has 0 saturated carbocycles. The van der Waals surface area contributed by atoms with Gasteiger partial charge in [0.1, 0.15) is 17.9 Å². The zero-order valence-electron chi connectivity index (χ0n) is 10.7. The lowest BCUT2D eigenvalue weighted by molar-refractivity contribution is -0.127. The molecule has 0 fully saturated rings. The zero-order valence-corrected chi connectivity index (χ0v) is 10.7. The standard InChI is InChI=1S/C13H16N4O2/c1-10(19-11-5-3-2-4-6-11)13(18)14-8-7-12-15-9-16-17-12/h2-6,9-10H,7-8H2,1H3,(H,14,18)(H,15,16,17). The summed E-state index contributed by atoms with van der Waals surface area (Å²) in [5, 5.41) is 9.26. The second-order valence-corrected chi connectivity index (χ2v) is 4.05. The van der Waals surface area contributed by atoms with Crippen molar-refractivity contribution < 1.29 is 9.53 Å². The van der Waals surface area contributed by atoms with Gasteiger partial charge in [0.05, 0.1) is 0 Å². The summed E-state index contributed by atoms with van der Waals surface area (Å²) in [6.45, 7) is 2.22. The molecule has 100 valence electrons. The van der Waals surface area contributed by atoms with Crippen LogP contribution >= 0.6 is 0 Å². The molecule has 19 heavy (non-hydrogen) atoms. The number of amides is 1. The van der Waals surface area contributed by atoms with Crippen LogP contribution in [-0.4, -0.2) is 33.7 Å². The number of ether oxygens (including phenoxy) is 1. The highest BCUT2D eigenvalue weighted by Gasteiger charge is 2.13. The van der Waals surface area contributed by atoms with Gasteiger partial charge in [-0.3, -0.25) is 9.89 Å². The van der Waals surface area contributed by atoms with Crippen LogP contribution in [0.1, 0.15) is 12.7 Å². The predicted molar refractivity (Wildman–Crippen MR) is 69.6 cm³/mol. The fourth-order valence-electron chi connectivity index (χ4n) is 1.56. The van der Waals surface area contributed by atoms with E-state index in [1.807, 2.05) is 30.3 Å². The molecule has 2 rings (SSSR count). The fourth-order valence-corrected chi connectivity index (χ4v) is 1.56. The van der Waals surface area contributed by atoms with Crippen molar-refractivity contribution in [3.05, 3.63) is 42.5 Å². The van der Waals surface area contributed by atoms with Crippen LogP contribution in [0.5, 0.6) is 5.75 Å². The Morgan fingerprint density at radius 2 is 2.21 bits per heavy atom. The van der Waals surface area contributed by atoms with E-state index in [0.717, 1.165) is 5.82 Å². The first kappa shape index (κ1) is 13.1. The highest BCUT2D eigenvalue weighted by molar-refractivity contribution is 5.80. The van der Waals surface area contributed by atoms with Crippen molar-refractivity contribution in [1.29, 1.82) is 0 Å². The number of hydrogen-bond donors (Lipinski definition) is 2. The molecule has 0 saturated heterocycles. The summed E-state index contributed by atoms with van der Waals surface area (Å²) in [5.41, 5.74) is 0. The molecule has 0 bridgehead atoms. The highest BCUT2D eigenvalue weighted by atomic mass is 16.5. The van der Waals surface area contributed by atoms with E-state index in [-0.39, 0.29) is 5.91 Å². The quantitative estimate of drug-likeness (QED) is 0.809. The number of benzene rings is 1. The van der Waals surface area contributed by atoms with Crippen LogP contribution in [0.4, 0.5) is 0 Å². The number of carbonyl (C=O) groups excluding carboxylic acids is 1. The maximum atomic E-state index is 11.8. The van der Waals surface area contributed by atoms with Crippen molar-refractivity contribution in [1.82, 2.24) is 20.5 Å². The van der Waals surface area contributed by atoms with Gasteiger partial charge in [-0.2, -0.15) is 5.10 Å². The number of aromatic amines is 1. The Kier molecular flexibility index (Phi) is 4.49. The van der Waals surface area contributed by atoms with Crippen LogP contribution < -0.4 is 10.1 Å². The van der Waals surface area contributed by atoms with Crippen molar-refractivity contribution in [2.45, 2.75) is 19.4 Å². The maximum absolute atomic E-state index is 11.8. The minimum absolute atomic E-state index is 0.150. The molecule has 6 heteroatoms. The van der Waals surface area contributed by atoms with Gasteiger partial charge in [-0.15, -0.1) is 0 Å². The molecule has 0 spiro atoms. The Bertz CT molecular complexity index is 499. The molecule has 0 aliphatic rings. The Hall–Kier alpha value is -2.37. The minimum atomic E-state index is -0.530. The van der Waals surface area contributed by atoms with Gasteiger partial charge in [-0.25, -0.2) is 4.98 Å². The fraction of sp³-hybridized carbons (Fsp3) is 0.308. The number of aromatic nitrogens is 3. The van der Waals surface area contributed by atoms with E-state index in [0.29, 0.717) is 18.7 Å². The zero-order chi connectivity index (χ0) is 13.5. The predicted octanol–water partition coefficient (Wildman–Crippen LogP) is 0.931. The number of carbonyl (C=O) groups is 1. The van der Waals surface area contributed by atoms with Gasteiger partial charge >= 0.3 is 0 Å². The van der Waals surface area contributed by atoms with Crippen LogP contribution in [0.25, 0.3) is 0 Å². The largest absolute Gasteiger partial charge is 0.481 e. The molecule has 1 amide bonds. The van der Waals surface area contributed by atoms with E-state index < -0.39 is 6.10 Å². The Balaban J connectivity index is 1.73. The van der Waals surface area contributed by atoms with E-state index in [1.54, 1.807) is 6.92 Å². The summed E-state index contributed by atoms with van der Waals surface area (Å²) >= 11 is 0. The van der Waals surface area contributed by atoms with Crippen molar-refractivity contribution >= 4 is 5.91 Å². The summed E-state index contributed by atoms with van der Waals surface area (Å²) in [7, 11) is 0. The molecule has 2 N–H and O–H groups in total. The minimum Gasteiger partial charge on any atom is -0.481 e. The van der Waals surface area contributed by atoms with E-state index in [1.165, 1.54) is 6.33 Å². The van der Waals surface area contributed by atoms with E-state index in [9.17, 15) is 4.79 Å². The number of hydrogen-bond acceptors (Lipinski definition) is 4. The van der Waals surface area contributed by atoms with Gasteiger partial charge in [0.2, 0.25) is 0 Å². The molecule has 1 heterocycles.